The Bertz CT molecular complexity index is 648. The number of phenols is 1. The van der Waals surface area contributed by atoms with E-state index in [1.807, 2.05) is 12.1 Å². The summed E-state index contributed by atoms with van der Waals surface area (Å²) in [6.45, 7) is 1.79. The molecule has 102 valence electrons. The van der Waals surface area contributed by atoms with Crippen LogP contribution in [-0.4, -0.2) is 16.7 Å². The highest BCUT2D eigenvalue weighted by Crippen LogP contribution is 2.11. The van der Waals surface area contributed by atoms with Crippen molar-refractivity contribution in [1.82, 2.24) is 5.43 Å². The van der Waals surface area contributed by atoms with Crippen molar-refractivity contribution in [2.45, 2.75) is 6.92 Å². The molecule has 0 aliphatic heterocycles. The molecule has 0 unspecified atom stereocenters. The molecule has 0 fully saturated rings. The number of anilines is 1. The van der Waals surface area contributed by atoms with Gasteiger partial charge in [0.15, 0.2) is 0 Å². The third-order valence-electron chi connectivity index (χ3n) is 2.76. The highest BCUT2D eigenvalue weighted by molar-refractivity contribution is 6.01. The van der Waals surface area contributed by atoms with E-state index in [9.17, 15) is 9.90 Å². The van der Waals surface area contributed by atoms with E-state index in [2.05, 4.69) is 10.5 Å². The number of benzene rings is 2. The fourth-order valence-electron chi connectivity index (χ4n) is 1.64. The van der Waals surface area contributed by atoms with Gasteiger partial charge in [0, 0.05) is 11.3 Å². The molecule has 0 saturated carbocycles. The largest absolute Gasteiger partial charge is 0.508 e. The Morgan fingerprint density at radius 3 is 2.50 bits per heavy atom. The summed E-state index contributed by atoms with van der Waals surface area (Å²) in [5, 5.41) is 13.3. The minimum Gasteiger partial charge on any atom is -0.508 e. The first-order valence-electron chi connectivity index (χ1n) is 6.06. The molecule has 5 nitrogen and oxygen atoms in total. The number of aromatic hydroxyl groups is 1. The topological polar surface area (TPSA) is 87.7 Å². The molecule has 0 atom stereocenters. The van der Waals surface area contributed by atoms with Crippen molar-refractivity contribution in [3.63, 3.8) is 0 Å². The predicted octanol–water partition coefficient (Wildman–Crippen LogP) is 2.13. The van der Waals surface area contributed by atoms with Crippen molar-refractivity contribution in [1.29, 1.82) is 0 Å². The van der Waals surface area contributed by atoms with Gasteiger partial charge in [-0.15, -0.1) is 0 Å². The molecule has 1 amide bonds. The zero-order valence-electron chi connectivity index (χ0n) is 11.0. The lowest BCUT2D eigenvalue weighted by atomic mass is 10.1. The maximum atomic E-state index is 11.8. The van der Waals surface area contributed by atoms with Gasteiger partial charge in [0.2, 0.25) is 0 Å². The summed E-state index contributed by atoms with van der Waals surface area (Å²) in [6, 6.07) is 13.3. The van der Waals surface area contributed by atoms with Crippen molar-refractivity contribution in [2.24, 2.45) is 5.10 Å². The molecule has 2 aromatic rings. The van der Waals surface area contributed by atoms with Gasteiger partial charge >= 0.3 is 0 Å². The molecule has 0 aromatic heterocycles. The van der Waals surface area contributed by atoms with Crippen LogP contribution in [0.1, 0.15) is 22.8 Å². The number of rotatable bonds is 3. The average molecular weight is 269 g/mol. The molecule has 0 aliphatic carbocycles. The minimum atomic E-state index is -0.379. The van der Waals surface area contributed by atoms with Crippen LogP contribution < -0.4 is 11.2 Å². The molecule has 20 heavy (non-hydrogen) atoms. The van der Waals surface area contributed by atoms with Crippen molar-refractivity contribution < 1.29 is 9.90 Å². The monoisotopic (exact) mass is 269 g/mol. The van der Waals surface area contributed by atoms with E-state index < -0.39 is 0 Å². The summed E-state index contributed by atoms with van der Waals surface area (Å²) in [6.07, 6.45) is 0. The number of hydrazone groups is 1. The van der Waals surface area contributed by atoms with Crippen LogP contribution in [0.5, 0.6) is 5.75 Å². The van der Waals surface area contributed by atoms with Gasteiger partial charge < -0.3 is 10.8 Å². The van der Waals surface area contributed by atoms with Crippen LogP contribution in [0.4, 0.5) is 5.69 Å². The second-order valence-electron chi connectivity index (χ2n) is 4.31. The molecule has 4 N–H and O–H groups in total. The first-order chi connectivity index (χ1) is 9.56. The Balaban J connectivity index is 2.08. The molecule has 0 aliphatic rings. The van der Waals surface area contributed by atoms with E-state index in [4.69, 9.17) is 5.73 Å². The highest BCUT2D eigenvalue weighted by Gasteiger charge is 2.05. The van der Waals surface area contributed by atoms with Crippen LogP contribution in [0.2, 0.25) is 0 Å². The van der Waals surface area contributed by atoms with E-state index in [-0.39, 0.29) is 11.7 Å². The second-order valence-corrected chi connectivity index (χ2v) is 4.31. The zero-order valence-corrected chi connectivity index (χ0v) is 11.0. The standard InChI is InChI=1S/C15H15N3O2/c1-10(11-5-7-13(16)8-6-11)17-18-15(20)12-3-2-4-14(19)9-12/h2-9,19H,16H2,1H3,(H,18,20). The van der Waals surface area contributed by atoms with E-state index >= 15 is 0 Å². The smallest absolute Gasteiger partial charge is 0.271 e. The van der Waals surface area contributed by atoms with Crippen LogP contribution in [-0.2, 0) is 0 Å². The predicted molar refractivity (Wildman–Crippen MR) is 78.6 cm³/mol. The van der Waals surface area contributed by atoms with Crippen molar-refractivity contribution in [2.75, 3.05) is 5.73 Å². The quantitative estimate of drug-likeness (QED) is 0.453. The van der Waals surface area contributed by atoms with Gasteiger partial charge in [0.05, 0.1) is 5.71 Å². The number of nitrogens with one attached hydrogen (secondary N) is 1. The van der Waals surface area contributed by atoms with Gasteiger partial charge in [-0.2, -0.15) is 5.10 Å². The summed E-state index contributed by atoms with van der Waals surface area (Å²) in [7, 11) is 0. The Kier molecular flexibility index (Phi) is 4.00. The van der Waals surface area contributed by atoms with Crippen molar-refractivity contribution in [3.05, 3.63) is 59.7 Å². The Morgan fingerprint density at radius 2 is 1.85 bits per heavy atom. The normalized spacial score (nSPS) is 11.2. The first kappa shape index (κ1) is 13.6. The molecule has 0 saturated heterocycles. The van der Waals surface area contributed by atoms with Crippen LogP contribution >= 0.6 is 0 Å². The molecule has 0 bridgehead atoms. The van der Waals surface area contributed by atoms with Gasteiger partial charge in [-0.05, 0) is 42.8 Å². The van der Waals surface area contributed by atoms with E-state index in [1.165, 1.54) is 12.1 Å². The molecular formula is C15H15N3O2. The zero-order chi connectivity index (χ0) is 14.5. The lowest BCUT2D eigenvalue weighted by molar-refractivity contribution is 0.0954. The fourth-order valence-corrected chi connectivity index (χ4v) is 1.64. The number of phenolic OH excluding ortho intramolecular Hbond substituents is 1. The number of hydrogen-bond acceptors (Lipinski definition) is 4. The third-order valence-corrected chi connectivity index (χ3v) is 2.76. The van der Waals surface area contributed by atoms with Crippen LogP contribution in [0, 0.1) is 0 Å². The summed E-state index contributed by atoms with van der Waals surface area (Å²) in [5.74, 6) is -0.340. The van der Waals surface area contributed by atoms with E-state index in [1.54, 1.807) is 31.2 Å². The van der Waals surface area contributed by atoms with Crippen LogP contribution in [0.15, 0.2) is 53.6 Å². The lowest BCUT2D eigenvalue weighted by Crippen LogP contribution is -2.19. The van der Waals surface area contributed by atoms with E-state index in [0.717, 1.165) is 5.56 Å². The molecule has 0 radical (unpaired) electrons. The summed E-state index contributed by atoms with van der Waals surface area (Å²) in [5.41, 5.74) is 10.6. The second kappa shape index (κ2) is 5.88. The van der Waals surface area contributed by atoms with Gasteiger partial charge in [-0.3, -0.25) is 4.79 Å². The van der Waals surface area contributed by atoms with Crippen LogP contribution in [0.3, 0.4) is 0 Å². The van der Waals surface area contributed by atoms with Gasteiger partial charge in [-0.25, -0.2) is 5.43 Å². The maximum absolute atomic E-state index is 11.8. The number of hydrogen-bond donors (Lipinski definition) is 3. The number of carbonyl (C=O) groups is 1. The third kappa shape index (κ3) is 3.35. The summed E-state index contributed by atoms with van der Waals surface area (Å²) >= 11 is 0. The van der Waals surface area contributed by atoms with Gasteiger partial charge in [0.1, 0.15) is 5.75 Å². The van der Waals surface area contributed by atoms with E-state index in [0.29, 0.717) is 17.0 Å². The average Bonchev–Trinajstić information content (AvgIpc) is 2.45. The first-order valence-corrected chi connectivity index (χ1v) is 6.06. The molecule has 2 rings (SSSR count). The molecular weight excluding hydrogens is 254 g/mol. The number of nitrogens with two attached hydrogens (primary N) is 1. The number of amides is 1. The fraction of sp³-hybridized carbons (Fsp3) is 0.0667. The maximum Gasteiger partial charge on any atom is 0.271 e. The molecule has 2 aromatic carbocycles. The van der Waals surface area contributed by atoms with Crippen LogP contribution in [0.25, 0.3) is 0 Å². The molecule has 5 heteroatoms. The summed E-state index contributed by atoms with van der Waals surface area (Å²) in [4.78, 5) is 11.8. The Hall–Kier alpha value is -2.82. The Labute approximate surface area is 116 Å². The number of nitrogen functional groups attached to an aromatic ring is 1. The lowest BCUT2D eigenvalue weighted by Gasteiger charge is -2.04. The minimum absolute atomic E-state index is 0.0388. The molecule has 0 heterocycles. The number of nitrogens with zero attached hydrogens (tertiary/aromatic N) is 1. The van der Waals surface area contributed by atoms with Crippen molar-refractivity contribution in [3.8, 4) is 5.75 Å². The number of carbonyl (C=O) groups excluding carboxylic acids is 1. The molecule has 0 spiro atoms. The highest BCUT2D eigenvalue weighted by atomic mass is 16.3. The van der Waals surface area contributed by atoms with Gasteiger partial charge in [0.25, 0.3) is 5.91 Å². The Morgan fingerprint density at radius 1 is 1.15 bits per heavy atom. The van der Waals surface area contributed by atoms with Crippen molar-refractivity contribution >= 4 is 17.3 Å². The van der Waals surface area contributed by atoms with Gasteiger partial charge in [-0.1, -0.05) is 18.2 Å². The SMILES string of the molecule is CC(=NNC(=O)c1cccc(O)c1)c1ccc(N)cc1. The summed E-state index contributed by atoms with van der Waals surface area (Å²) < 4.78 is 0.